The number of aliphatic hydroxyl groups excluding tert-OH is 5. The van der Waals surface area contributed by atoms with Gasteiger partial charge in [-0.1, -0.05) is 21.6 Å². The third-order valence-electron chi connectivity index (χ3n) is 5.19. The molecule has 0 bridgehead atoms. The fourth-order valence-corrected chi connectivity index (χ4v) is 4.68. The Morgan fingerprint density at radius 1 is 0.825 bits per heavy atom. The van der Waals surface area contributed by atoms with Gasteiger partial charge in [0.25, 0.3) is 0 Å². The van der Waals surface area contributed by atoms with Crippen LogP contribution in [-0.2, 0) is 28.7 Å². The minimum Gasteiger partial charge on any atom is -0.480 e. The number of hydrogen-bond donors (Lipinski definition) is 11. The molecule has 19 heteroatoms. The van der Waals surface area contributed by atoms with Crippen molar-refractivity contribution in [2.24, 2.45) is 11.5 Å². The van der Waals surface area contributed by atoms with Gasteiger partial charge in [0.15, 0.2) is 0 Å². The van der Waals surface area contributed by atoms with Crippen molar-refractivity contribution < 1.29 is 64.5 Å². The Balaban J connectivity index is 4.30. The summed E-state index contributed by atoms with van der Waals surface area (Å²) in [5.74, 6) is -4.43. The number of hydrogen-bond acceptors (Lipinski definition) is 15. The lowest BCUT2D eigenvalue weighted by Crippen LogP contribution is -2.50. The zero-order chi connectivity index (χ0) is 30.8. The average molecular weight is 619 g/mol. The molecule has 0 spiro atoms. The van der Waals surface area contributed by atoms with E-state index in [2.05, 4.69) is 10.6 Å². The summed E-state index contributed by atoms with van der Waals surface area (Å²) in [5.41, 5.74) is 11.0. The molecule has 17 nitrogen and oxygen atoms in total. The number of amides is 2. The molecule has 13 N–H and O–H groups in total. The maximum Gasteiger partial charge on any atom is 0.327 e. The van der Waals surface area contributed by atoms with Crippen LogP contribution in [0, 0.1) is 0 Å². The van der Waals surface area contributed by atoms with Crippen LogP contribution in [0.1, 0.15) is 25.7 Å². The molecule has 0 aliphatic rings. The molecule has 0 aliphatic heterocycles. The van der Waals surface area contributed by atoms with Crippen LogP contribution in [0.2, 0.25) is 0 Å². The van der Waals surface area contributed by atoms with Gasteiger partial charge in [0.2, 0.25) is 11.8 Å². The number of ether oxygens (including phenoxy) is 1. The van der Waals surface area contributed by atoms with Crippen LogP contribution in [0.3, 0.4) is 0 Å². The summed E-state index contributed by atoms with van der Waals surface area (Å²) < 4.78 is 4.92. The van der Waals surface area contributed by atoms with E-state index in [1.54, 1.807) is 0 Å². The van der Waals surface area contributed by atoms with Gasteiger partial charge in [0.05, 0.1) is 18.8 Å². The summed E-state index contributed by atoms with van der Waals surface area (Å²) >= 11 is 0. The summed E-state index contributed by atoms with van der Waals surface area (Å²) in [4.78, 5) is 57.8. The lowest BCUT2D eigenvalue weighted by atomic mass is 10.0. The molecule has 0 aliphatic carbocycles. The van der Waals surface area contributed by atoms with Crippen molar-refractivity contribution in [3.05, 3.63) is 0 Å². The third-order valence-corrected chi connectivity index (χ3v) is 7.57. The van der Waals surface area contributed by atoms with Crippen molar-refractivity contribution >= 4 is 51.3 Å². The van der Waals surface area contributed by atoms with E-state index in [9.17, 15) is 49.5 Å². The number of nitrogens with one attached hydrogen (secondary N) is 2. The fraction of sp³-hybridized carbons (Fsp3) is 0.762. The Morgan fingerprint density at radius 3 is 2.00 bits per heavy atom. The number of carbonyl (C=O) groups excluding carboxylic acids is 3. The lowest BCUT2D eigenvalue weighted by Gasteiger charge is -2.25. The molecule has 0 saturated heterocycles. The molecule has 0 saturated carbocycles. The van der Waals surface area contributed by atoms with E-state index < -0.39 is 85.4 Å². The molecule has 40 heavy (non-hydrogen) atoms. The highest BCUT2D eigenvalue weighted by atomic mass is 33.1. The number of carbonyl (C=O) groups is 5. The van der Waals surface area contributed by atoms with Crippen LogP contribution < -0.4 is 22.1 Å². The number of carboxylic acids is 2. The van der Waals surface area contributed by atoms with E-state index in [-0.39, 0.29) is 38.0 Å². The summed E-state index contributed by atoms with van der Waals surface area (Å²) in [7, 11) is 2.26. The predicted octanol–water partition coefficient (Wildman–Crippen LogP) is -4.67. The summed E-state index contributed by atoms with van der Waals surface area (Å²) in [6.45, 7) is -1.37. The number of carboxylic acid groups (broad SMARTS) is 2. The maximum absolute atomic E-state index is 12.3. The van der Waals surface area contributed by atoms with Gasteiger partial charge in [-0.25, -0.2) is 4.79 Å². The quantitative estimate of drug-likeness (QED) is 0.0308. The first-order valence-corrected chi connectivity index (χ1v) is 14.5. The van der Waals surface area contributed by atoms with E-state index in [1.165, 1.54) is 10.8 Å². The Morgan fingerprint density at radius 2 is 1.43 bits per heavy atom. The Labute approximate surface area is 237 Å². The van der Waals surface area contributed by atoms with E-state index in [0.29, 0.717) is 5.75 Å². The van der Waals surface area contributed by atoms with Crippen molar-refractivity contribution in [3.8, 4) is 0 Å². The van der Waals surface area contributed by atoms with Crippen molar-refractivity contribution in [1.29, 1.82) is 0 Å². The summed E-state index contributed by atoms with van der Waals surface area (Å²) in [6, 6.07) is -3.71. The SMILES string of the molecule is N[C@@H](CCC(=O)OCCSSC[C@H](NC(=O)[C@@H](N)CCC(=O)NCC(O)[C@@H](O)C(O)[C@H](O)CO)C(=O)O)C(=O)O. The second kappa shape index (κ2) is 20.6. The van der Waals surface area contributed by atoms with Gasteiger partial charge in [0, 0.05) is 30.9 Å². The molecule has 7 atom stereocenters. The normalized spacial score (nSPS) is 16.5. The molecule has 0 aromatic heterocycles. The highest BCUT2D eigenvalue weighted by Crippen LogP contribution is 2.22. The summed E-state index contributed by atoms with van der Waals surface area (Å²) in [5, 5.41) is 69.6. The minimum atomic E-state index is -1.86. The van der Waals surface area contributed by atoms with Crippen molar-refractivity contribution in [3.63, 3.8) is 0 Å². The molecule has 0 aromatic rings. The highest BCUT2D eigenvalue weighted by molar-refractivity contribution is 8.76. The van der Waals surface area contributed by atoms with Crippen LogP contribution in [-0.4, -0.2) is 139 Å². The van der Waals surface area contributed by atoms with E-state index >= 15 is 0 Å². The zero-order valence-corrected chi connectivity index (χ0v) is 23.1. The lowest BCUT2D eigenvalue weighted by molar-refractivity contribution is -0.144. The van der Waals surface area contributed by atoms with Gasteiger partial charge < -0.3 is 62.6 Å². The van der Waals surface area contributed by atoms with Gasteiger partial charge in [-0.15, -0.1) is 0 Å². The number of rotatable bonds is 22. The third kappa shape index (κ3) is 16.1. The first-order chi connectivity index (χ1) is 18.7. The molecule has 0 radical (unpaired) electrons. The molecule has 2 unspecified atom stereocenters. The van der Waals surface area contributed by atoms with Gasteiger partial charge in [-0.3, -0.25) is 19.2 Å². The van der Waals surface area contributed by atoms with E-state index in [0.717, 1.165) is 10.8 Å². The van der Waals surface area contributed by atoms with Crippen LogP contribution in [0.15, 0.2) is 0 Å². The van der Waals surface area contributed by atoms with Gasteiger partial charge in [0.1, 0.15) is 37.0 Å². The first kappa shape index (κ1) is 37.8. The van der Waals surface area contributed by atoms with Crippen LogP contribution in [0.5, 0.6) is 0 Å². The molecule has 232 valence electrons. The number of esters is 1. The van der Waals surface area contributed by atoms with Crippen molar-refractivity contribution in [1.82, 2.24) is 10.6 Å². The van der Waals surface area contributed by atoms with Gasteiger partial charge in [-0.05, 0) is 12.8 Å². The highest BCUT2D eigenvalue weighted by Gasteiger charge is 2.30. The molecule has 0 aromatic carbocycles. The number of aliphatic hydroxyl groups is 5. The fourth-order valence-electron chi connectivity index (χ4n) is 2.70. The molecule has 0 heterocycles. The molecule has 0 rings (SSSR count). The second-order valence-corrected chi connectivity index (χ2v) is 11.1. The Bertz CT molecular complexity index is 825. The van der Waals surface area contributed by atoms with Crippen LogP contribution in [0.25, 0.3) is 0 Å². The molecular weight excluding hydrogens is 580 g/mol. The van der Waals surface area contributed by atoms with Crippen LogP contribution >= 0.6 is 21.6 Å². The Kier molecular flexibility index (Phi) is 19.5. The average Bonchev–Trinajstić information content (AvgIpc) is 2.92. The predicted molar refractivity (Wildman–Crippen MR) is 142 cm³/mol. The standard InChI is InChI=1S/C21H38N4O13S2/c22-10(1-3-15(29)24-7-13(27)17(31)18(32)14(28)8-26)19(33)25-12(21(36)37)9-40-39-6-5-38-16(30)4-2-11(23)20(34)35/h10-14,17-18,26-28,31-32H,1-9,22-23H2,(H,24,29)(H,25,33)(H,34,35)(H,36,37)/t10-,11-,12-,13?,14+,17+,18?/m0/s1. The molecule has 0 fully saturated rings. The minimum absolute atomic E-state index is 0.00295. The first-order valence-electron chi connectivity index (χ1n) is 12.0. The summed E-state index contributed by atoms with van der Waals surface area (Å²) in [6.07, 6.45) is -7.78. The largest absolute Gasteiger partial charge is 0.480 e. The second-order valence-electron chi connectivity index (χ2n) is 8.46. The Hall–Kier alpha value is -2.23. The number of aliphatic carboxylic acids is 2. The van der Waals surface area contributed by atoms with Gasteiger partial charge in [-0.2, -0.15) is 0 Å². The van der Waals surface area contributed by atoms with Gasteiger partial charge >= 0.3 is 17.9 Å². The maximum atomic E-state index is 12.3. The van der Waals surface area contributed by atoms with E-state index in [1.807, 2.05) is 0 Å². The zero-order valence-electron chi connectivity index (χ0n) is 21.5. The van der Waals surface area contributed by atoms with Crippen molar-refractivity contribution in [2.75, 3.05) is 31.3 Å². The van der Waals surface area contributed by atoms with Crippen molar-refractivity contribution in [2.45, 2.75) is 68.2 Å². The molecule has 2 amide bonds. The monoisotopic (exact) mass is 618 g/mol. The smallest absolute Gasteiger partial charge is 0.327 e. The number of nitrogens with two attached hydrogens (primary N) is 2. The van der Waals surface area contributed by atoms with E-state index in [4.69, 9.17) is 26.4 Å². The van der Waals surface area contributed by atoms with Crippen LogP contribution in [0.4, 0.5) is 0 Å². The molecular formula is C21H38N4O13S2. The topological polar surface area (TPSA) is 312 Å².